The number of benzene rings is 2. The second-order valence-electron chi connectivity index (χ2n) is 4.93. The van der Waals surface area contributed by atoms with Gasteiger partial charge >= 0.3 is 0 Å². The first-order valence-corrected chi connectivity index (χ1v) is 7.28. The fourth-order valence-corrected chi connectivity index (χ4v) is 2.17. The molecular weight excluding hydrogens is 292 g/mol. The Hall–Kier alpha value is -3.08. The molecule has 5 nitrogen and oxygen atoms in total. The number of carbonyl (C=O) groups excluding carboxylic acids is 1. The van der Waals surface area contributed by atoms with E-state index in [-0.39, 0.29) is 0 Å². The predicted octanol–water partition coefficient (Wildman–Crippen LogP) is 3.58. The second kappa shape index (κ2) is 7.26. The minimum absolute atomic E-state index is 0.342. The highest BCUT2D eigenvalue weighted by Gasteiger charge is 2.05. The molecule has 0 bridgehead atoms. The van der Waals surface area contributed by atoms with E-state index in [9.17, 15) is 4.79 Å². The number of para-hydroxylation sites is 1. The molecule has 116 valence electrons. The first kappa shape index (κ1) is 14.8. The van der Waals surface area contributed by atoms with Crippen LogP contribution in [0.15, 0.2) is 60.7 Å². The summed E-state index contributed by atoms with van der Waals surface area (Å²) in [6.07, 6.45) is 0.612. The van der Waals surface area contributed by atoms with Gasteiger partial charge in [-0.2, -0.15) is 5.10 Å². The number of aromatic amines is 1. The van der Waals surface area contributed by atoms with Crippen LogP contribution in [0.3, 0.4) is 0 Å². The van der Waals surface area contributed by atoms with Gasteiger partial charge in [0.25, 0.3) is 6.47 Å². The van der Waals surface area contributed by atoms with E-state index in [2.05, 4.69) is 14.9 Å². The monoisotopic (exact) mass is 308 g/mol. The molecule has 0 radical (unpaired) electrons. The lowest BCUT2D eigenvalue weighted by atomic mass is 10.1. The lowest BCUT2D eigenvalue weighted by Crippen LogP contribution is -1.96. The second-order valence-corrected chi connectivity index (χ2v) is 4.93. The first-order valence-electron chi connectivity index (χ1n) is 7.28. The summed E-state index contributed by atoms with van der Waals surface area (Å²) in [7, 11) is 0. The Kier molecular flexibility index (Phi) is 4.69. The molecule has 3 aromatic rings. The molecular formula is C18H16N2O3. The first-order chi connectivity index (χ1) is 11.3. The smallest absolute Gasteiger partial charge is 0.293 e. The number of carbonyl (C=O) groups is 1. The zero-order chi connectivity index (χ0) is 15.9. The average molecular weight is 308 g/mol. The third kappa shape index (κ3) is 3.97. The quantitative estimate of drug-likeness (QED) is 0.535. The van der Waals surface area contributed by atoms with Gasteiger partial charge in [0.05, 0.1) is 12.3 Å². The third-order valence-corrected chi connectivity index (χ3v) is 3.32. The van der Waals surface area contributed by atoms with Crippen LogP contribution < -0.4 is 4.74 Å². The summed E-state index contributed by atoms with van der Waals surface area (Å²) >= 11 is 0. The maximum atomic E-state index is 10.1. The van der Waals surface area contributed by atoms with Gasteiger partial charge in [-0.05, 0) is 42.5 Å². The van der Waals surface area contributed by atoms with Crippen molar-refractivity contribution in [2.24, 2.45) is 0 Å². The molecule has 0 aliphatic heterocycles. The van der Waals surface area contributed by atoms with E-state index in [0.717, 1.165) is 28.5 Å². The Bertz CT molecular complexity index is 751. The number of nitrogens with zero attached hydrogens (tertiary/aromatic N) is 1. The maximum Gasteiger partial charge on any atom is 0.293 e. The molecule has 0 saturated heterocycles. The molecule has 0 fully saturated rings. The summed E-state index contributed by atoms with van der Waals surface area (Å²) in [6, 6.07) is 19.3. The lowest BCUT2D eigenvalue weighted by Gasteiger charge is -2.05. The van der Waals surface area contributed by atoms with Gasteiger partial charge in [-0.1, -0.05) is 18.2 Å². The minimum Gasteiger partial charge on any atom is -0.467 e. The Labute approximate surface area is 133 Å². The van der Waals surface area contributed by atoms with Gasteiger partial charge in [0.15, 0.2) is 0 Å². The van der Waals surface area contributed by atoms with Crippen LogP contribution >= 0.6 is 0 Å². The van der Waals surface area contributed by atoms with Crippen molar-refractivity contribution in [2.75, 3.05) is 6.61 Å². The van der Waals surface area contributed by atoms with Crippen LogP contribution in [-0.2, 0) is 16.0 Å². The van der Waals surface area contributed by atoms with Crippen molar-refractivity contribution in [3.63, 3.8) is 0 Å². The zero-order valence-corrected chi connectivity index (χ0v) is 12.4. The van der Waals surface area contributed by atoms with E-state index in [4.69, 9.17) is 4.74 Å². The number of H-pyrrole nitrogens is 1. The normalized spacial score (nSPS) is 10.3. The molecule has 3 rings (SSSR count). The van der Waals surface area contributed by atoms with Gasteiger partial charge in [-0.3, -0.25) is 9.89 Å². The van der Waals surface area contributed by atoms with Crippen LogP contribution in [-0.4, -0.2) is 23.3 Å². The van der Waals surface area contributed by atoms with Crippen molar-refractivity contribution in [2.45, 2.75) is 6.42 Å². The number of hydrogen-bond donors (Lipinski definition) is 1. The number of ether oxygens (including phenoxy) is 2. The van der Waals surface area contributed by atoms with Gasteiger partial charge in [0.2, 0.25) is 0 Å². The highest BCUT2D eigenvalue weighted by atomic mass is 16.5. The highest BCUT2D eigenvalue weighted by molar-refractivity contribution is 5.60. The Morgan fingerprint density at radius 2 is 1.74 bits per heavy atom. The Morgan fingerprint density at radius 3 is 2.48 bits per heavy atom. The number of nitrogens with one attached hydrogen (secondary N) is 1. The zero-order valence-electron chi connectivity index (χ0n) is 12.4. The Morgan fingerprint density at radius 1 is 1.00 bits per heavy atom. The summed E-state index contributed by atoms with van der Waals surface area (Å²) in [4.78, 5) is 10.1. The van der Waals surface area contributed by atoms with Gasteiger partial charge in [-0.25, -0.2) is 0 Å². The van der Waals surface area contributed by atoms with E-state index in [0.29, 0.717) is 19.5 Å². The molecule has 0 aliphatic carbocycles. The predicted molar refractivity (Wildman–Crippen MR) is 86.3 cm³/mol. The molecule has 5 heteroatoms. The number of aromatic nitrogens is 2. The van der Waals surface area contributed by atoms with Gasteiger partial charge < -0.3 is 9.47 Å². The van der Waals surface area contributed by atoms with Crippen LogP contribution in [0, 0.1) is 0 Å². The molecule has 0 aliphatic rings. The molecule has 0 amide bonds. The lowest BCUT2D eigenvalue weighted by molar-refractivity contribution is -0.128. The van der Waals surface area contributed by atoms with Crippen molar-refractivity contribution in [1.29, 1.82) is 0 Å². The van der Waals surface area contributed by atoms with Crippen LogP contribution in [0.5, 0.6) is 11.5 Å². The maximum absolute atomic E-state index is 10.1. The van der Waals surface area contributed by atoms with Crippen molar-refractivity contribution in [3.05, 3.63) is 66.4 Å². The topological polar surface area (TPSA) is 64.2 Å². The summed E-state index contributed by atoms with van der Waals surface area (Å²) in [5.41, 5.74) is 2.76. The van der Waals surface area contributed by atoms with E-state index < -0.39 is 0 Å². The van der Waals surface area contributed by atoms with Gasteiger partial charge in [0.1, 0.15) is 11.5 Å². The molecule has 0 atom stereocenters. The molecule has 2 aromatic carbocycles. The number of hydrogen-bond acceptors (Lipinski definition) is 4. The summed E-state index contributed by atoms with van der Waals surface area (Å²) in [6.45, 7) is 0.789. The van der Waals surface area contributed by atoms with Crippen molar-refractivity contribution in [1.82, 2.24) is 10.2 Å². The highest BCUT2D eigenvalue weighted by Crippen LogP contribution is 2.25. The largest absolute Gasteiger partial charge is 0.467 e. The van der Waals surface area contributed by atoms with Gasteiger partial charge in [-0.15, -0.1) is 0 Å². The van der Waals surface area contributed by atoms with Crippen molar-refractivity contribution in [3.8, 4) is 22.8 Å². The molecule has 0 spiro atoms. The Balaban J connectivity index is 1.66. The summed E-state index contributed by atoms with van der Waals surface area (Å²) < 4.78 is 10.4. The summed E-state index contributed by atoms with van der Waals surface area (Å²) in [5.74, 6) is 1.58. The van der Waals surface area contributed by atoms with Gasteiger partial charge in [0, 0.05) is 17.7 Å². The molecule has 1 heterocycles. The van der Waals surface area contributed by atoms with Crippen LogP contribution in [0.25, 0.3) is 11.3 Å². The van der Waals surface area contributed by atoms with E-state index in [1.165, 1.54) is 0 Å². The van der Waals surface area contributed by atoms with Crippen molar-refractivity contribution >= 4 is 6.47 Å². The minimum atomic E-state index is 0.342. The van der Waals surface area contributed by atoms with E-state index in [1.54, 1.807) is 0 Å². The molecule has 23 heavy (non-hydrogen) atoms. The fourth-order valence-electron chi connectivity index (χ4n) is 2.17. The van der Waals surface area contributed by atoms with Crippen LogP contribution in [0.4, 0.5) is 0 Å². The van der Waals surface area contributed by atoms with E-state index >= 15 is 0 Å². The standard InChI is InChI=1S/C18H16N2O3/c21-13-22-11-10-15-12-18(20-19-15)14-6-8-17(9-7-14)23-16-4-2-1-3-5-16/h1-9,12-13H,10-11H2,(H,19,20). The van der Waals surface area contributed by atoms with Crippen LogP contribution in [0.2, 0.25) is 0 Å². The van der Waals surface area contributed by atoms with Crippen molar-refractivity contribution < 1.29 is 14.3 Å². The molecule has 0 saturated carbocycles. The third-order valence-electron chi connectivity index (χ3n) is 3.32. The average Bonchev–Trinajstić information content (AvgIpc) is 3.06. The molecule has 1 N–H and O–H groups in total. The molecule has 1 aromatic heterocycles. The SMILES string of the molecule is O=COCCc1cc(-c2ccc(Oc3ccccc3)cc2)n[nH]1. The van der Waals surface area contributed by atoms with Crippen LogP contribution in [0.1, 0.15) is 5.69 Å². The number of rotatable bonds is 7. The molecule has 0 unspecified atom stereocenters. The summed E-state index contributed by atoms with van der Waals surface area (Å²) in [5, 5.41) is 7.21. The van der Waals surface area contributed by atoms with E-state index in [1.807, 2.05) is 60.7 Å². The fraction of sp³-hybridized carbons (Fsp3) is 0.111.